The molecule has 2 aromatic rings. The molecule has 2 aliphatic rings. The third kappa shape index (κ3) is 4.50. The van der Waals surface area contributed by atoms with Gasteiger partial charge in [0.05, 0.1) is 26.0 Å². The minimum atomic E-state index is -1.44. The van der Waals surface area contributed by atoms with Crippen molar-refractivity contribution in [3.8, 4) is 0 Å². The fourth-order valence-corrected chi connectivity index (χ4v) is 3.51. The summed E-state index contributed by atoms with van der Waals surface area (Å²) in [6, 6.07) is 1.09. The average Bonchev–Trinajstić information content (AvgIpc) is 3.31. The summed E-state index contributed by atoms with van der Waals surface area (Å²) in [4.78, 5) is 25.2. The smallest absolute Gasteiger partial charge is 0.330 e. The largest absolute Gasteiger partial charge is 0.388 e. The normalized spacial score (nSPS) is 35.3. The second-order valence-electron chi connectivity index (χ2n) is 7.56. The van der Waals surface area contributed by atoms with Crippen LogP contribution in [0, 0.1) is 0 Å². The molecule has 2 aromatic heterocycles. The summed E-state index contributed by atoms with van der Waals surface area (Å²) in [5.41, 5.74) is -1.06. The Balaban J connectivity index is 1.36. The Labute approximate surface area is 179 Å². The molecule has 2 aliphatic heterocycles. The maximum atomic E-state index is 11.9. The summed E-state index contributed by atoms with van der Waals surface area (Å²) in [6.45, 7) is -0.349. The Bertz CT molecular complexity index is 1040. The van der Waals surface area contributed by atoms with E-state index in [2.05, 4.69) is 10.3 Å². The number of aromatic amines is 1. The number of nitrogens with one attached hydrogen (secondary N) is 1. The van der Waals surface area contributed by atoms with Gasteiger partial charge in [0.25, 0.3) is 5.56 Å². The van der Waals surface area contributed by atoms with E-state index in [1.165, 1.54) is 10.9 Å². The number of ether oxygens (including phenoxy) is 3. The molecule has 32 heavy (non-hydrogen) atoms. The van der Waals surface area contributed by atoms with Crippen LogP contribution in [0.4, 0.5) is 0 Å². The maximum absolute atomic E-state index is 11.9. The first-order chi connectivity index (χ1) is 15.2. The van der Waals surface area contributed by atoms with E-state index in [9.17, 15) is 35.1 Å². The molecule has 0 aliphatic carbocycles. The second kappa shape index (κ2) is 9.16. The van der Waals surface area contributed by atoms with Crippen LogP contribution in [-0.4, -0.2) is 99.6 Å². The van der Waals surface area contributed by atoms with E-state index in [0.717, 1.165) is 16.8 Å². The molecule has 0 amide bonds. The first-order valence-electron chi connectivity index (χ1n) is 9.74. The maximum Gasteiger partial charge on any atom is 0.330 e. The number of rotatable bonds is 6. The van der Waals surface area contributed by atoms with E-state index in [0.29, 0.717) is 5.69 Å². The summed E-state index contributed by atoms with van der Waals surface area (Å²) >= 11 is 0. The van der Waals surface area contributed by atoms with Gasteiger partial charge in [0.15, 0.2) is 12.5 Å². The molecule has 4 heterocycles. The Morgan fingerprint density at radius 3 is 2.66 bits per heavy atom. The lowest BCUT2D eigenvalue weighted by Crippen LogP contribution is -2.53. The lowest BCUT2D eigenvalue weighted by Gasteiger charge is -2.34. The van der Waals surface area contributed by atoms with Crippen molar-refractivity contribution < 1.29 is 39.7 Å². The first kappa shape index (κ1) is 22.7. The molecule has 2 fully saturated rings. The molecular weight excluding hydrogens is 434 g/mol. The van der Waals surface area contributed by atoms with Gasteiger partial charge in [-0.25, -0.2) is 9.48 Å². The van der Waals surface area contributed by atoms with E-state index >= 15 is 0 Å². The van der Waals surface area contributed by atoms with Crippen LogP contribution in [0.25, 0.3) is 0 Å². The van der Waals surface area contributed by atoms with Crippen LogP contribution in [0.5, 0.6) is 0 Å². The Kier molecular flexibility index (Phi) is 6.50. The predicted molar refractivity (Wildman–Crippen MR) is 99.8 cm³/mol. The second-order valence-corrected chi connectivity index (χ2v) is 7.56. The standard InChI is InChI=1S/C17H23N5O10/c23-8-6-31-16(14(28)11(8)25)30-5-7-3-21(20-19-7)4-9-12(26)13(27)15(32-9)22-2-1-10(24)18-17(22)29/h1-3,8-9,11-16,23,25-28H,4-6H2,(H,18,24,29)/t8-,9-,11-,12-,13-,14-,15-,16-/m1/s1. The minimum Gasteiger partial charge on any atom is -0.388 e. The number of hydrogen-bond donors (Lipinski definition) is 6. The Hall–Kier alpha value is -2.50. The summed E-state index contributed by atoms with van der Waals surface area (Å²) < 4.78 is 18.4. The quantitative estimate of drug-likeness (QED) is 0.242. The number of aromatic nitrogens is 5. The Morgan fingerprint density at radius 2 is 1.91 bits per heavy atom. The summed E-state index contributed by atoms with van der Waals surface area (Å²) in [5, 5.41) is 57.4. The van der Waals surface area contributed by atoms with Crippen LogP contribution in [0.3, 0.4) is 0 Å². The van der Waals surface area contributed by atoms with E-state index in [-0.39, 0.29) is 19.8 Å². The fourth-order valence-electron chi connectivity index (χ4n) is 3.51. The summed E-state index contributed by atoms with van der Waals surface area (Å²) in [5.74, 6) is 0. The van der Waals surface area contributed by atoms with E-state index < -0.39 is 60.4 Å². The number of aliphatic hydroxyl groups is 5. The molecular formula is C17H23N5O10. The first-order valence-corrected chi connectivity index (χ1v) is 9.74. The zero-order valence-corrected chi connectivity index (χ0v) is 16.5. The number of H-pyrrole nitrogens is 1. The van der Waals surface area contributed by atoms with Crippen molar-refractivity contribution in [3.63, 3.8) is 0 Å². The van der Waals surface area contributed by atoms with Crippen LogP contribution in [-0.2, 0) is 27.4 Å². The highest BCUT2D eigenvalue weighted by molar-refractivity contribution is 4.95. The van der Waals surface area contributed by atoms with E-state index in [1.54, 1.807) is 0 Å². The van der Waals surface area contributed by atoms with Crippen molar-refractivity contribution in [2.45, 2.75) is 62.3 Å². The van der Waals surface area contributed by atoms with Crippen molar-refractivity contribution in [1.29, 1.82) is 0 Å². The van der Waals surface area contributed by atoms with Crippen molar-refractivity contribution >= 4 is 0 Å². The minimum absolute atomic E-state index is 0.0205. The van der Waals surface area contributed by atoms with Crippen LogP contribution < -0.4 is 11.2 Å². The monoisotopic (exact) mass is 457 g/mol. The number of nitrogens with zero attached hydrogens (tertiary/aromatic N) is 4. The Morgan fingerprint density at radius 1 is 1.12 bits per heavy atom. The van der Waals surface area contributed by atoms with Gasteiger partial charge in [-0.05, 0) is 0 Å². The van der Waals surface area contributed by atoms with Crippen molar-refractivity contribution in [2.24, 2.45) is 0 Å². The molecule has 0 saturated carbocycles. The lowest BCUT2D eigenvalue weighted by atomic mass is 10.1. The molecule has 0 aromatic carbocycles. The summed E-state index contributed by atoms with van der Waals surface area (Å²) in [7, 11) is 0. The summed E-state index contributed by atoms with van der Waals surface area (Å²) in [6.07, 6.45) is -7.51. The van der Waals surface area contributed by atoms with E-state index in [1.807, 2.05) is 4.98 Å². The zero-order valence-electron chi connectivity index (χ0n) is 16.5. The average molecular weight is 457 g/mol. The van der Waals surface area contributed by atoms with Gasteiger partial charge in [0, 0.05) is 12.3 Å². The van der Waals surface area contributed by atoms with Crippen LogP contribution in [0.15, 0.2) is 28.0 Å². The third-order valence-electron chi connectivity index (χ3n) is 5.27. The van der Waals surface area contributed by atoms with Crippen LogP contribution in [0.1, 0.15) is 11.9 Å². The molecule has 8 atom stereocenters. The highest BCUT2D eigenvalue weighted by atomic mass is 16.7. The van der Waals surface area contributed by atoms with Crippen LogP contribution in [0.2, 0.25) is 0 Å². The van der Waals surface area contributed by atoms with Gasteiger partial charge in [-0.2, -0.15) is 0 Å². The van der Waals surface area contributed by atoms with Gasteiger partial charge in [0.1, 0.15) is 42.3 Å². The van der Waals surface area contributed by atoms with Gasteiger partial charge >= 0.3 is 5.69 Å². The van der Waals surface area contributed by atoms with Gasteiger partial charge in [-0.1, -0.05) is 5.21 Å². The topological polar surface area (TPSA) is 214 Å². The van der Waals surface area contributed by atoms with Crippen molar-refractivity contribution in [2.75, 3.05) is 6.61 Å². The van der Waals surface area contributed by atoms with E-state index in [4.69, 9.17) is 14.2 Å². The highest BCUT2D eigenvalue weighted by Crippen LogP contribution is 2.29. The van der Waals surface area contributed by atoms with Gasteiger partial charge in [-0.3, -0.25) is 14.3 Å². The molecule has 0 bridgehead atoms. The molecule has 2 saturated heterocycles. The number of hydrogen-bond acceptors (Lipinski definition) is 12. The molecule has 0 unspecified atom stereocenters. The predicted octanol–water partition coefficient (Wildman–Crippen LogP) is -4.60. The molecule has 15 nitrogen and oxygen atoms in total. The molecule has 176 valence electrons. The van der Waals surface area contributed by atoms with Gasteiger partial charge in [0.2, 0.25) is 0 Å². The van der Waals surface area contributed by atoms with Gasteiger partial charge < -0.3 is 39.7 Å². The molecule has 15 heteroatoms. The third-order valence-corrected chi connectivity index (χ3v) is 5.27. The van der Waals surface area contributed by atoms with Crippen LogP contribution >= 0.6 is 0 Å². The highest BCUT2D eigenvalue weighted by Gasteiger charge is 2.44. The zero-order chi connectivity index (χ0) is 23.0. The van der Waals surface area contributed by atoms with Crippen molar-refractivity contribution in [1.82, 2.24) is 24.5 Å². The SMILES string of the molecule is O=c1ccn([C@@H]2O[C@H](Cn3cc(CO[C@@H]4OC[C@@H](O)[C@@H](O)[C@H]4O)nn3)[C@@H](O)[C@H]2O)c(=O)[nH]1. The molecule has 6 N–H and O–H groups in total. The molecule has 0 spiro atoms. The van der Waals surface area contributed by atoms with Crippen molar-refractivity contribution in [3.05, 3.63) is 45.0 Å². The number of aliphatic hydroxyl groups excluding tert-OH is 5. The fraction of sp³-hybridized carbons (Fsp3) is 0.647. The molecule has 4 rings (SSSR count). The lowest BCUT2D eigenvalue weighted by molar-refractivity contribution is -0.273. The van der Waals surface area contributed by atoms with Gasteiger partial charge in [-0.15, -0.1) is 5.10 Å². The molecule has 0 radical (unpaired) electrons.